The molecule has 1 saturated carbocycles. The van der Waals surface area contributed by atoms with Crippen molar-refractivity contribution in [3.8, 4) is 0 Å². The van der Waals surface area contributed by atoms with Gasteiger partial charge in [-0.25, -0.2) is 0 Å². The van der Waals surface area contributed by atoms with Gasteiger partial charge in [0.15, 0.2) is 5.84 Å². The molecule has 0 saturated heterocycles. The lowest BCUT2D eigenvalue weighted by Gasteiger charge is -2.33. The van der Waals surface area contributed by atoms with Crippen LogP contribution in [0.4, 0.5) is 0 Å². The van der Waals surface area contributed by atoms with Crippen LogP contribution in [0.1, 0.15) is 53.4 Å². The number of carbonyl (C=O) groups is 1. The van der Waals surface area contributed by atoms with Crippen LogP contribution >= 0.6 is 0 Å². The van der Waals surface area contributed by atoms with Crippen molar-refractivity contribution in [3.05, 3.63) is 0 Å². The predicted octanol–water partition coefficient (Wildman–Crippen LogP) is 1.84. The molecule has 0 heterocycles. The van der Waals surface area contributed by atoms with E-state index in [2.05, 4.69) is 31.2 Å². The first-order valence-electron chi connectivity index (χ1n) is 6.53. The summed E-state index contributed by atoms with van der Waals surface area (Å²) in [5.41, 5.74) is 4.91. The summed E-state index contributed by atoms with van der Waals surface area (Å²) < 4.78 is 0. The van der Waals surface area contributed by atoms with E-state index in [9.17, 15) is 4.79 Å². The van der Waals surface area contributed by atoms with Crippen LogP contribution in [-0.4, -0.2) is 23.0 Å². The average molecular weight is 255 g/mol. The number of carbonyl (C=O) groups excluding carboxylic acids is 1. The number of hydrogen-bond donors (Lipinski definition) is 3. The first-order valence-corrected chi connectivity index (χ1v) is 6.53. The predicted molar refractivity (Wildman–Crippen MR) is 71.4 cm³/mol. The molecule has 1 unspecified atom stereocenters. The molecule has 5 nitrogen and oxygen atoms in total. The Balaban J connectivity index is 2.86. The molecule has 1 amide bonds. The Kier molecular flexibility index (Phi) is 4.24. The second-order valence-electron chi connectivity index (χ2n) is 6.34. The van der Waals surface area contributed by atoms with Crippen LogP contribution in [-0.2, 0) is 4.79 Å². The Morgan fingerprint density at radius 3 is 2.28 bits per heavy atom. The minimum Gasteiger partial charge on any atom is -0.409 e. The highest BCUT2D eigenvalue weighted by atomic mass is 16.4. The number of rotatable bonds is 3. The number of amides is 1. The van der Waals surface area contributed by atoms with Crippen LogP contribution in [0.15, 0.2) is 5.16 Å². The van der Waals surface area contributed by atoms with Crippen LogP contribution in [0.2, 0.25) is 0 Å². The van der Waals surface area contributed by atoms with Crippen LogP contribution < -0.4 is 11.1 Å². The molecule has 0 bridgehead atoms. The maximum absolute atomic E-state index is 12.4. The lowest BCUT2D eigenvalue weighted by atomic mass is 9.81. The van der Waals surface area contributed by atoms with E-state index in [1.54, 1.807) is 0 Å². The number of nitrogens with zero attached hydrogens (tertiary/aromatic N) is 1. The van der Waals surface area contributed by atoms with Gasteiger partial charge in [-0.3, -0.25) is 4.79 Å². The Morgan fingerprint density at radius 2 is 1.89 bits per heavy atom. The van der Waals surface area contributed by atoms with Crippen LogP contribution in [0, 0.1) is 10.8 Å². The van der Waals surface area contributed by atoms with E-state index in [0.29, 0.717) is 12.8 Å². The highest BCUT2D eigenvalue weighted by Gasteiger charge is 2.46. The van der Waals surface area contributed by atoms with Crippen LogP contribution in [0.3, 0.4) is 0 Å². The Labute approximate surface area is 109 Å². The quantitative estimate of drug-likeness (QED) is 0.311. The lowest BCUT2D eigenvalue weighted by molar-refractivity contribution is -0.128. The van der Waals surface area contributed by atoms with Crippen molar-refractivity contribution < 1.29 is 10.0 Å². The molecule has 5 heteroatoms. The summed E-state index contributed by atoms with van der Waals surface area (Å²) in [4.78, 5) is 12.4. The Hall–Kier alpha value is -1.26. The standard InChI is InChI=1S/C13H25N3O2/c1-9(12(2,3)4)15-11(17)13(10(14)16-18)7-5-6-8-13/h9,18H,5-8H2,1-4H3,(H2,14,16)(H,15,17). The fraction of sp³-hybridized carbons (Fsp3) is 0.846. The zero-order valence-electron chi connectivity index (χ0n) is 11.8. The topological polar surface area (TPSA) is 87.7 Å². The molecule has 1 atom stereocenters. The molecule has 0 aliphatic heterocycles. The van der Waals surface area contributed by atoms with Gasteiger partial charge in [-0.15, -0.1) is 0 Å². The summed E-state index contributed by atoms with van der Waals surface area (Å²) in [7, 11) is 0. The van der Waals surface area contributed by atoms with Gasteiger partial charge in [-0.2, -0.15) is 0 Å². The Morgan fingerprint density at radius 1 is 1.39 bits per heavy atom. The fourth-order valence-corrected chi connectivity index (χ4v) is 2.23. The van der Waals surface area contributed by atoms with Gasteiger partial charge in [0.1, 0.15) is 5.41 Å². The van der Waals surface area contributed by atoms with Gasteiger partial charge in [0.25, 0.3) is 0 Å². The summed E-state index contributed by atoms with van der Waals surface area (Å²) in [6.07, 6.45) is 3.19. The molecule has 0 aromatic carbocycles. The highest BCUT2D eigenvalue weighted by molar-refractivity contribution is 6.07. The lowest BCUT2D eigenvalue weighted by Crippen LogP contribution is -2.52. The first-order chi connectivity index (χ1) is 8.24. The van der Waals surface area contributed by atoms with E-state index < -0.39 is 5.41 Å². The molecule has 1 fully saturated rings. The maximum Gasteiger partial charge on any atom is 0.234 e. The molecular formula is C13H25N3O2. The molecule has 0 spiro atoms. The van der Waals surface area contributed by atoms with Crippen molar-refractivity contribution in [2.75, 3.05) is 0 Å². The van der Waals surface area contributed by atoms with Gasteiger partial charge in [0.05, 0.1) is 0 Å². The summed E-state index contributed by atoms with van der Waals surface area (Å²) in [6.45, 7) is 8.20. The second-order valence-corrected chi connectivity index (χ2v) is 6.34. The molecular weight excluding hydrogens is 230 g/mol. The van der Waals surface area contributed by atoms with Gasteiger partial charge in [0, 0.05) is 6.04 Å². The molecule has 4 N–H and O–H groups in total. The number of oxime groups is 1. The molecule has 0 radical (unpaired) electrons. The van der Waals surface area contributed by atoms with Gasteiger partial charge < -0.3 is 16.3 Å². The van der Waals surface area contributed by atoms with Gasteiger partial charge >= 0.3 is 0 Å². The summed E-state index contributed by atoms with van der Waals surface area (Å²) in [6, 6.07) is 0.0361. The third-order valence-corrected chi connectivity index (χ3v) is 4.14. The number of nitrogens with one attached hydrogen (secondary N) is 1. The van der Waals surface area contributed by atoms with Crippen LogP contribution in [0.25, 0.3) is 0 Å². The third-order valence-electron chi connectivity index (χ3n) is 4.14. The average Bonchev–Trinajstić information content (AvgIpc) is 2.76. The molecule has 1 rings (SSSR count). The number of amidine groups is 1. The van der Waals surface area contributed by atoms with Crippen molar-refractivity contribution in [2.45, 2.75) is 59.4 Å². The van der Waals surface area contributed by atoms with E-state index in [1.807, 2.05) is 6.92 Å². The van der Waals surface area contributed by atoms with E-state index >= 15 is 0 Å². The molecule has 0 aromatic rings. The number of nitrogens with two attached hydrogens (primary N) is 1. The smallest absolute Gasteiger partial charge is 0.234 e. The van der Waals surface area contributed by atoms with E-state index in [0.717, 1.165) is 12.8 Å². The Bertz CT molecular complexity index is 339. The van der Waals surface area contributed by atoms with Gasteiger partial charge in [-0.1, -0.05) is 38.8 Å². The summed E-state index contributed by atoms with van der Waals surface area (Å²) in [5.74, 6) is -0.0728. The van der Waals surface area contributed by atoms with Crippen molar-refractivity contribution >= 4 is 11.7 Å². The van der Waals surface area contributed by atoms with Gasteiger partial charge in [0.2, 0.25) is 5.91 Å². The van der Waals surface area contributed by atoms with Gasteiger partial charge in [-0.05, 0) is 25.2 Å². The summed E-state index contributed by atoms with van der Waals surface area (Å²) >= 11 is 0. The zero-order valence-corrected chi connectivity index (χ0v) is 11.8. The SMILES string of the molecule is CC(NC(=O)C1(C(N)=NO)CCCC1)C(C)(C)C. The summed E-state index contributed by atoms with van der Waals surface area (Å²) in [5, 5.41) is 15.0. The molecule has 18 heavy (non-hydrogen) atoms. The fourth-order valence-electron chi connectivity index (χ4n) is 2.23. The van der Waals surface area contributed by atoms with Crippen LogP contribution in [0.5, 0.6) is 0 Å². The normalized spacial score (nSPS) is 21.7. The maximum atomic E-state index is 12.4. The largest absolute Gasteiger partial charge is 0.409 e. The highest BCUT2D eigenvalue weighted by Crippen LogP contribution is 2.39. The van der Waals surface area contributed by atoms with Crippen molar-refractivity contribution in [2.24, 2.45) is 21.7 Å². The molecule has 0 aromatic heterocycles. The van der Waals surface area contributed by atoms with Crippen molar-refractivity contribution in [1.82, 2.24) is 5.32 Å². The van der Waals surface area contributed by atoms with E-state index in [-0.39, 0.29) is 23.2 Å². The third kappa shape index (κ3) is 2.76. The molecule has 1 aliphatic rings. The minimum atomic E-state index is -0.811. The second kappa shape index (κ2) is 5.16. The van der Waals surface area contributed by atoms with Crippen molar-refractivity contribution in [1.29, 1.82) is 0 Å². The minimum absolute atomic E-state index is 0.0133. The number of hydrogen-bond acceptors (Lipinski definition) is 3. The first kappa shape index (κ1) is 14.8. The molecule has 1 aliphatic carbocycles. The van der Waals surface area contributed by atoms with Crippen molar-refractivity contribution in [3.63, 3.8) is 0 Å². The molecule has 104 valence electrons. The zero-order chi connectivity index (χ0) is 14.0. The van der Waals surface area contributed by atoms with E-state index in [4.69, 9.17) is 10.9 Å². The monoisotopic (exact) mass is 255 g/mol. The van der Waals surface area contributed by atoms with E-state index in [1.165, 1.54) is 0 Å².